The number of hydrogen-bond acceptors (Lipinski definition) is 4. The van der Waals surface area contributed by atoms with Gasteiger partial charge < -0.3 is 10.1 Å². The summed E-state index contributed by atoms with van der Waals surface area (Å²) in [5.41, 5.74) is 1.67. The summed E-state index contributed by atoms with van der Waals surface area (Å²) in [5.74, 6) is -0.239. The number of carbonyl (C=O) groups is 1. The van der Waals surface area contributed by atoms with Gasteiger partial charge in [0.25, 0.3) is 15.9 Å². The van der Waals surface area contributed by atoms with Crippen molar-refractivity contribution in [3.05, 3.63) is 59.7 Å². The molecule has 2 aromatic rings. The van der Waals surface area contributed by atoms with Gasteiger partial charge in [0.1, 0.15) is 0 Å². The number of carbonyl (C=O) groups excluding carboxylic acids is 1. The standard InChI is InChI=1S/C20H24N2O4S/c1-15-10-11-16(20(23)21-14-17-7-6-12-26-17)13-19(15)22(2)27(24,25)18-8-4-3-5-9-18/h3-5,8-11,13,17H,6-7,12,14H2,1-2H3,(H,21,23)/t17-/m1/s1. The second kappa shape index (κ2) is 8.10. The number of anilines is 1. The summed E-state index contributed by atoms with van der Waals surface area (Å²) < 4.78 is 32.5. The molecule has 2 aromatic carbocycles. The Morgan fingerprint density at radius 1 is 1.22 bits per heavy atom. The monoisotopic (exact) mass is 388 g/mol. The number of nitrogens with one attached hydrogen (secondary N) is 1. The third-order valence-corrected chi connectivity index (χ3v) is 6.51. The molecule has 0 aromatic heterocycles. The Labute approximate surface area is 160 Å². The third kappa shape index (κ3) is 4.31. The molecule has 1 fully saturated rings. The molecule has 27 heavy (non-hydrogen) atoms. The van der Waals surface area contributed by atoms with Crippen molar-refractivity contribution in [1.82, 2.24) is 5.32 Å². The zero-order chi connectivity index (χ0) is 19.4. The molecule has 1 saturated heterocycles. The van der Waals surface area contributed by atoms with Crippen LogP contribution in [0.15, 0.2) is 53.4 Å². The SMILES string of the molecule is Cc1ccc(C(=O)NC[C@H]2CCCO2)cc1N(C)S(=O)(=O)c1ccccc1. The van der Waals surface area contributed by atoms with Crippen LogP contribution in [-0.2, 0) is 14.8 Å². The summed E-state index contributed by atoms with van der Waals surface area (Å²) >= 11 is 0. The molecular formula is C20H24N2O4S. The quantitative estimate of drug-likeness (QED) is 0.826. The van der Waals surface area contributed by atoms with Crippen LogP contribution in [0.25, 0.3) is 0 Å². The van der Waals surface area contributed by atoms with Crippen LogP contribution in [-0.4, -0.2) is 40.6 Å². The molecule has 144 valence electrons. The molecule has 1 N–H and O–H groups in total. The number of ether oxygens (including phenoxy) is 1. The van der Waals surface area contributed by atoms with E-state index in [9.17, 15) is 13.2 Å². The van der Waals surface area contributed by atoms with Gasteiger partial charge in [0.15, 0.2) is 0 Å². The summed E-state index contributed by atoms with van der Waals surface area (Å²) in [7, 11) is -2.20. The first kappa shape index (κ1) is 19.4. The Balaban J connectivity index is 1.81. The highest BCUT2D eigenvalue weighted by molar-refractivity contribution is 7.92. The highest BCUT2D eigenvalue weighted by Gasteiger charge is 2.23. The largest absolute Gasteiger partial charge is 0.376 e. The molecule has 0 radical (unpaired) electrons. The fourth-order valence-electron chi connectivity index (χ4n) is 3.08. The summed E-state index contributed by atoms with van der Waals surface area (Å²) in [6.07, 6.45) is 2.01. The van der Waals surface area contributed by atoms with E-state index in [1.807, 2.05) is 6.92 Å². The molecule has 1 heterocycles. The summed E-state index contributed by atoms with van der Waals surface area (Å²) in [5, 5.41) is 2.87. The molecule has 0 unspecified atom stereocenters. The molecule has 0 saturated carbocycles. The van der Waals surface area contributed by atoms with E-state index in [0.717, 1.165) is 25.0 Å². The normalized spacial score (nSPS) is 16.9. The number of sulfonamides is 1. The fraction of sp³-hybridized carbons (Fsp3) is 0.350. The lowest BCUT2D eigenvalue weighted by molar-refractivity contribution is 0.0858. The van der Waals surface area contributed by atoms with Crippen LogP contribution in [0.2, 0.25) is 0 Å². The Morgan fingerprint density at radius 3 is 2.63 bits per heavy atom. The molecule has 1 aliphatic heterocycles. The highest BCUT2D eigenvalue weighted by Crippen LogP contribution is 2.26. The predicted octanol–water partition coefficient (Wildman–Crippen LogP) is 2.73. The molecule has 3 rings (SSSR count). The van der Waals surface area contributed by atoms with E-state index >= 15 is 0 Å². The van der Waals surface area contributed by atoms with Crippen LogP contribution < -0.4 is 9.62 Å². The smallest absolute Gasteiger partial charge is 0.264 e. The van der Waals surface area contributed by atoms with Crippen molar-refractivity contribution in [2.75, 3.05) is 24.5 Å². The number of nitrogens with zero attached hydrogens (tertiary/aromatic N) is 1. The van der Waals surface area contributed by atoms with Gasteiger partial charge in [-0.15, -0.1) is 0 Å². The molecule has 0 bridgehead atoms. The van der Waals surface area contributed by atoms with Gasteiger partial charge in [-0.05, 0) is 49.6 Å². The number of rotatable bonds is 6. The van der Waals surface area contributed by atoms with Gasteiger partial charge in [0.05, 0.1) is 16.7 Å². The maximum atomic E-state index is 12.9. The highest BCUT2D eigenvalue weighted by atomic mass is 32.2. The van der Waals surface area contributed by atoms with E-state index < -0.39 is 10.0 Å². The van der Waals surface area contributed by atoms with E-state index in [1.165, 1.54) is 11.4 Å². The van der Waals surface area contributed by atoms with Gasteiger partial charge in [0.2, 0.25) is 0 Å². The average Bonchev–Trinajstić information content (AvgIpc) is 3.20. The summed E-state index contributed by atoms with van der Waals surface area (Å²) in [4.78, 5) is 12.7. The Hall–Kier alpha value is -2.38. The fourth-order valence-corrected chi connectivity index (χ4v) is 4.36. The van der Waals surface area contributed by atoms with E-state index in [4.69, 9.17) is 4.74 Å². The van der Waals surface area contributed by atoms with Crippen molar-refractivity contribution in [2.45, 2.75) is 30.8 Å². The van der Waals surface area contributed by atoms with Crippen molar-refractivity contribution in [2.24, 2.45) is 0 Å². The summed E-state index contributed by atoms with van der Waals surface area (Å²) in [6, 6.07) is 13.3. The lowest BCUT2D eigenvalue weighted by Crippen LogP contribution is -2.32. The van der Waals surface area contributed by atoms with Crippen molar-refractivity contribution in [1.29, 1.82) is 0 Å². The number of hydrogen-bond donors (Lipinski definition) is 1. The molecule has 1 amide bonds. The predicted molar refractivity (Wildman–Crippen MR) is 105 cm³/mol. The first-order valence-electron chi connectivity index (χ1n) is 8.94. The minimum Gasteiger partial charge on any atom is -0.376 e. The lowest BCUT2D eigenvalue weighted by atomic mass is 10.1. The number of benzene rings is 2. The minimum absolute atomic E-state index is 0.0556. The Bertz CT molecular complexity index is 907. The number of amides is 1. The van der Waals surface area contributed by atoms with E-state index in [0.29, 0.717) is 17.8 Å². The van der Waals surface area contributed by atoms with Crippen LogP contribution in [0, 0.1) is 6.92 Å². The topological polar surface area (TPSA) is 75.7 Å². The second-order valence-electron chi connectivity index (χ2n) is 6.63. The van der Waals surface area contributed by atoms with Crippen molar-refractivity contribution in [3.8, 4) is 0 Å². The van der Waals surface area contributed by atoms with Crippen LogP contribution in [0.4, 0.5) is 5.69 Å². The Kier molecular flexibility index (Phi) is 5.82. The van der Waals surface area contributed by atoms with Crippen LogP contribution in [0.1, 0.15) is 28.8 Å². The summed E-state index contributed by atoms with van der Waals surface area (Å²) in [6.45, 7) is 3.01. The van der Waals surface area contributed by atoms with E-state index in [-0.39, 0.29) is 16.9 Å². The number of aryl methyl sites for hydroxylation is 1. The van der Waals surface area contributed by atoms with Crippen molar-refractivity contribution in [3.63, 3.8) is 0 Å². The molecule has 1 atom stereocenters. The van der Waals surface area contributed by atoms with Crippen LogP contribution in [0.5, 0.6) is 0 Å². The molecule has 1 aliphatic rings. The minimum atomic E-state index is -3.70. The van der Waals surface area contributed by atoms with E-state index in [2.05, 4.69) is 5.32 Å². The third-order valence-electron chi connectivity index (χ3n) is 4.73. The Morgan fingerprint density at radius 2 is 1.96 bits per heavy atom. The van der Waals surface area contributed by atoms with Gasteiger partial charge in [-0.2, -0.15) is 0 Å². The van der Waals surface area contributed by atoms with E-state index in [1.54, 1.807) is 48.5 Å². The molecule has 0 spiro atoms. The molecular weight excluding hydrogens is 364 g/mol. The van der Waals surface area contributed by atoms with Crippen LogP contribution >= 0.6 is 0 Å². The van der Waals surface area contributed by atoms with Gasteiger partial charge in [-0.1, -0.05) is 24.3 Å². The average molecular weight is 388 g/mol. The van der Waals surface area contributed by atoms with Crippen molar-refractivity contribution < 1.29 is 17.9 Å². The molecule has 0 aliphatic carbocycles. The first-order valence-corrected chi connectivity index (χ1v) is 10.4. The molecule has 6 nitrogen and oxygen atoms in total. The molecule has 7 heteroatoms. The van der Waals surface area contributed by atoms with Gasteiger partial charge >= 0.3 is 0 Å². The zero-order valence-corrected chi connectivity index (χ0v) is 16.3. The van der Waals surface area contributed by atoms with Gasteiger partial charge in [-0.25, -0.2) is 8.42 Å². The maximum absolute atomic E-state index is 12.9. The second-order valence-corrected chi connectivity index (χ2v) is 8.60. The van der Waals surface area contributed by atoms with Gasteiger partial charge in [0, 0.05) is 25.8 Å². The first-order chi connectivity index (χ1) is 12.9. The van der Waals surface area contributed by atoms with Gasteiger partial charge in [-0.3, -0.25) is 9.10 Å². The van der Waals surface area contributed by atoms with Crippen LogP contribution in [0.3, 0.4) is 0 Å². The maximum Gasteiger partial charge on any atom is 0.264 e. The zero-order valence-electron chi connectivity index (χ0n) is 15.5. The van der Waals surface area contributed by atoms with Crippen molar-refractivity contribution >= 4 is 21.6 Å². The lowest BCUT2D eigenvalue weighted by Gasteiger charge is -2.22.